The third-order valence-corrected chi connectivity index (χ3v) is 3.63. The van der Waals surface area contributed by atoms with Crippen molar-refractivity contribution in [1.82, 2.24) is 9.97 Å². The molecule has 1 heterocycles. The Labute approximate surface area is 117 Å². The number of anilines is 2. The Morgan fingerprint density at radius 2 is 2.10 bits per heavy atom. The van der Waals surface area contributed by atoms with Crippen molar-refractivity contribution in [2.75, 3.05) is 17.6 Å². The van der Waals surface area contributed by atoms with Crippen molar-refractivity contribution in [2.24, 2.45) is 0 Å². The number of benzene rings is 1. The molecule has 0 saturated carbocycles. The van der Waals surface area contributed by atoms with E-state index in [1.54, 1.807) is 18.2 Å². The van der Waals surface area contributed by atoms with Crippen molar-refractivity contribution in [3.05, 3.63) is 28.6 Å². The largest absolute Gasteiger partial charge is 0.399 e. The summed E-state index contributed by atoms with van der Waals surface area (Å²) in [6.45, 7) is 4.18. The van der Waals surface area contributed by atoms with Crippen LogP contribution in [0.5, 0.6) is 0 Å². The first-order valence-electron chi connectivity index (χ1n) is 6.73. The molecule has 0 saturated heterocycles. The molecule has 0 atom stereocenters. The van der Waals surface area contributed by atoms with Gasteiger partial charge in [0.2, 0.25) is 5.95 Å². The highest BCUT2D eigenvalue weighted by atomic mass is 16.3. The molecule has 0 fully saturated rings. The SMILES string of the molecule is CCC(O)(CC)CNc1nc2ccc(N)cc2c(=O)[nH]1. The smallest absolute Gasteiger partial charge is 0.260 e. The number of nitrogens with zero attached hydrogens (tertiary/aromatic N) is 1. The maximum atomic E-state index is 12.0. The standard InChI is InChI=1S/C14H20N4O2/c1-3-14(20,4-2)8-16-13-17-11-6-5-9(15)7-10(11)12(19)18-13/h5-7,20H,3-4,8,15H2,1-2H3,(H2,16,17,18,19). The molecule has 1 aromatic heterocycles. The van der Waals surface area contributed by atoms with Gasteiger partial charge in [-0.25, -0.2) is 4.98 Å². The van der Waals surface area contributed by atoms with Gasteiger partial charge in [-0.2, -0.15) is 0 Å². The second-order valence-corrected chi connectivity index (χ2v) is 4.98. The topological polar surface area (TPSA) is 104 Å². The van der Waals surface area contributed by atoms with Gasteiger partial charge in [0.05, 0.1) is 16.5 Å². The van der Waals surface area contributed by atoms with Gasteiger partial charge in [0.15, 0.2) is 0 Å². The first kappa shape index (κ1) is 14.3. The average Bonchev–Trinajstić information content (AvgIpc) is 2.45. The quantitative estimate of drug-likeness (QED) is 0.619. The predicted octanol–water partition coefficient (Wildman–Crippen LogP) is 1.47. The summed E-state index contributed by atoms with van der Waals surface area (Å²) < 4.78 is 0. The Hall–Kier alpha value is -2.08. The van der Waals surface area contributed by atoms with E-state index >= 15 is 0 Å². The molecule has 0 bridgehead atoms. The van der Waals surface area contributed by atoms with Gasteiger partial charge in [-0.05, 0) is 31.0 Å². The summed E-state index contributed by atoms with van der Waals surface area (Å²) >= 11 is 0. The second kappa shape index (κ2) is 5.50. The highest BCUT2D eigenvalue weighted by molar-refractivity contribution is 5.81. The number of H-pyrrole nitrogens is 1. The van der Waals surface area contributed by atoms with Gasteiger partial charge in [-0.3, -0.25) is 9.78 Å². The summed E-state index contributed by atoms with van der Waals surface area (Å²) in [5, 5.41) is 13.7. The third-order valence-electron chi connectivity index (χ3n) is 3.63. The Morgan fingerprint density at radius 3 is 2.75 bits per heavy atom. The molecular weight excluding hydrogens is 256 g/mol. The molecule has 108 valence electrons. The van der Waals surface area contributed by atoms with E-state index in [1.807, 2.05) is 13.8 Å². The first-order chi connectivity index (χ1) is 9.47. The number of nitrogen functional groups attached to an aromatic ring is 1. The van der Waals surface area contributed by atoms with Crippen molar-refractivity contribution in [1.29, 1.82) is 0 Å². The van der Waals surface area contributed by atoms with Crippen LogP contribution in [0.2, 0.25) is 0 Å². The van der Waals surface area contributed by atoms with Crippen molar-refractivity contribution in [3.63, 3.8) is 0 Å². The van der Waals surface area contributed by atoms with Crippen LogP contribution in [0.1, 0.15) is 26.7 Å². The molecule has 0 unspecified atom stereocenters. The number of nitrogens with two attached hydrogens (primary N) is 1. The Bertz CT molecular complexity index is 662. The molecule has 6 heteroatoms. The summed E-state index contributed by atoms with van der Waals surface area (Å²) in [6.07, 6.45) is 1.26. The van der Waals surface area contributed by atoms with Crippen molar-refractivity contribution in [3.8, 4) is 0 Å². The van der Waals surface area contributed by atoms with Crippen LogP contribution < -0.4 is 16.6 Å². The van der Waals surface area contributed by atoms with Crippen LogP contribution in [0, 0.1) is 0 Å². The maximum Gasteiger partial charge on any atom is 0.260 e. The van der Waals surface area contributed by atoms with Crippen LogP contribution in [0.25, 0.3) is 10.9 Å². The van der Waals surface area contributed by atoms with E-state index in [1.165, 1.54) is 0 Å². The van der Waals surface area contributed by atoms with E-state index in [0.29, 0.717) is 41.9 Å². The minimum atomic E-state index is -0.797. The molecule has 2 rings (SSSR count). The highest BCUT2D eigenvalue weighted by Crippen LogP contribution is 2.16. The number of aliphatic hydroxyl groups is 1. The fourth-order valence-electron chi connectivity index (χ4n) is 1.99. The van der Waals surface area contributed by atoms with E-state index in [0.717, 1.165) is 0 Å². The Kier molecular flexibility index (Phi) is 3.94. The van der Waals surface area contributed by atoms with E-state index in [2.05, 4.69) is 15.3 Å². The number of hydrogen-bond donors (Lipinski definition) is 4. The average molecular weight is 276 g/mol. The van der Waals surface area contributed by atoms with E-state index in [4.69, 9.17) is 5.73 Å². The van der Waals surface area contributed by atoms with Gasteiger partial charge in [0.25, 0.3) is 5.56 Å². The summed E-state index contributed by atoms with van der Waals surface area (Å²) in [7, 11) is 0. The zero-order valence-electron chi connectivity index (χ0n) is 11.7. The van der Waals surface area contributed by atoms with E-state index in [-0.39, 0.29) is 5.56 Å². The van der Waals surface area contributed by atoms with Crippen LogP contribution >= 0.6 is 0 Å². The lowest BCUT2D eigenvalue weighted by Crippen LogP contribution is -2.36. The Morgan fingerprint density at radius 1 is 1.40 bits per heavy atom. The molecule has 20 heavy (non-hydrogen) atoms. The van der Waals surface area contributed by atoms with Crippen molar-refractivity contribution in [2.45, 2.75) is 32.3 Å². The van der Waals surface area contributed by atoms with E-state index in [9.17, 15) is 9.90 Å². The maximum absolute atomic E-state index is 12.0. The fourth-order valence-corrected chi connectivity index (χ4v) is 1.99. The first-order valence-corrected chi connectivity index (χ1v) is 6.73. The van der Waals surface area contributed by atoms with Crippen molar-refractivity contribution >= 4 is 22.5 Å². The van der Waals surface area contributed by atoms with Gasteiger partial charge in [0.1, 0.15) is 0 Å². The summed E-state index contributed by atoms with van der Waals surface area (Å²) in [6, 6.07) is 5.00. The second-order valence-electron chi connectivity index (χ2n) is 4.98. The molecule has 2 aromatic rings. The van der Waals surface area contributed by atoms with Crippen LogP contribution in [0.3, 0.4) is 0 Å². The molecular formula is C14H20N4O2. The molecule has 1 aromatic carbocycles. The zero-order valence-corrected chi connectivity index (χ0v) is 11.7. The third kappa shape index (κ3) is 2.91. The summed E-state index contributed by atoms with van der Waals surface area (Å²) in [5.74, 6) is 0.354. The van der Waals surface area contributed by atoms with Gasteiger partial charge < -0.3 is 16.2 Å². The van der Waals surface area contributed by atoms with Gasteiger partial charge in [-0.15, -0.1) is 0 Å². The van der Waals surface area contributed by atoms with Gasteiger partial charge >= 0.3 is 0 Å². The van der Waals surface area contributed by atoms with Crippen molar-refractivity contribution < 1.29 is 5.11 Å². The lowest BCUT2D eigenvalue weighted by atomic mass is 9.98. The molecule has 5 N–H and O–H groups in total. The molecule has 0 amide bonds. The highest BCUT2D eigenvalue weighted by Gasteiger charge is 2.22. The molecule has 0 aliphatic carbocycles. The normalized spacial score (nSPS) is 11.8. The Balaban J connectivity index is 2.28. The number of nitrogens with one attached hydrogen (secondary N) is 2. The molecule has 0 aliphatic heterocycles. The number of aromatic amines is 1. The minimum Gasteiger partial charge on any atom is -0.399 e. The molecule has 0 spiro atoms. The predicted molar refractivity (Wildman–Crippen MR) is 80.8 cm³/mol. The zero-order chi connectivity index (χ0) is 14.8. The number of aromatic nitrogens is 2. The molecule has 0 aliphatic rings. The van der Waals surface area contributed by atoms with Crippen LogP contribution in [0.4, 0.5) is 11.6 Å². The number of hydrogen-bond acceptors (Lipinski definition) is 5. The monoisotopic (exact) mass is 276 g/mol. The van der Waals surface area contributed by atoms with Crippen LogP contribution in [-0.2, 0) is 0 Å². The van der Waals surface area contributed by atoms with E-state index < -0.39 is 5.60 Å². The van der Waals surface area contributed by atoms with Gasteiger partial charge in [0, 0.05) is 12.2 Å². The molecule has 6 nitrogen and oxygen atoms in total. The van der Waals surface area contributed by atoms with Crippen LogP contribution in [0.15, 0.2) is 23.0 Å². The lowest BCUT2D eigenvalue weighted by Gasteiger charge is -2.25. The summed E-state index contributed by atoms with van der Waals surface area (Å²) in [5.41, 5.74) is 5.70. The fraction of sp³-hybridized carbons (Fsp3) is 0.429. The van der Waals surface area contributed by atoms with Crippen LogP contribution in [-0.4, -0.2) is 27.2 Å². The van der Waals surface area contributed by atoms with Gasteiger partial charge in [-0.1, -0.05) is 13.8 Å². The molecule has 0 radical (unpaired) electrons. The summed E-state index contributed by atoms with van der Waals surface area (Å²) in [4.78, 5) is 18.9. The lowest BCUT2D eigenvalue weighted by molar-refractivity contribution is 0.0455. The minimum absolute atomic E-state index is 0.249. The number of fused-ring (bicyclic) bond motifs is 1. The number of rotatable bonds is 5.